The summed E-state index contributed by atoms with van der Waals surface area (Å²) in [6.45, 7) is 5.39. The summed E-state index contributed by atoms with van der Waals surface area (Å²) in [5.41, 5.74) is 0.966. The molecule has 3 saturated heterocycles. The van der Waals surface area contributed by atoms with E-state index < -0.39 is 18.1 Å². The van der Waals surface area contributed by atoms with Crippen LogP contribution in [0.3, 0.4) is 0 Å². The Morgan fingerprint density at radius 3 is 2.61 bits per heavy atom. The number of carbonyl (C=O) groups is 3. The van der Waals surface area contributed by atoms with E-state index >= 15 is 0 Å². The van der Waals surface area contributed by atoms with E-state index in [9.17, 15) is 14.4 Å². The zero-order valence-corrected chi connectivity index (χ0v) is 22.5. The van der Waals surface area contributed by atoms with Crippen LogP contribution in [0.4, 0.5) is 0 Å². The topological polar surface area (TPSA) is 112 Å². The molecule has 0 spiro atoms. The number of ether oxygens (including phenoxy) is 2. The molecule has 0 bridgehead atoms. The van der Waals surface area contributed by atoms with E-state index in [2.05, 4.69) is 20.9 Å². The predicted octanol–water partition coefficient (Wildman–Crippen LogP) is 0.821. The zero-order chi connectivity index (χ0) is 26.6. The van der Waals surface area contributed by atoms with Crippen molar-refractivity contribution >= 4 is 17.7 Å². The van der Waals surface area contributed by atoms with Gasteiger partial charge in [-0.15, -0.1) is 0 Å². The van der Waals surface area contributed by atoms with Crippen molar-refractivity contribution in [2.24, 2.45) is 5.92 Å². The molecule has 5 rings (SSSR count). The molecule has 1 aromatic carbocycles. The Morgan fingerprint density at radius 2 is 1.82 bits per heavy atom. The predicted molar refractivity (Wildman–Crippen MR) is 142 cm³/mol. The Balaban J connectivity index is 1.38. The van der Waals surface area contributed by atoms with Crippen molar-refractivity contribution in [3.8, 4) is 5.75 Å². The second kappa shape index (κ2) is 12.0. The first kappa shape index (κ1) is 26.9. The van der Waals surface area contributed by atoms with Crippen molar-refractivity contribution in [1.82, 2.24) is 25.8 Å². The summed E-state index contributed by atoms with van der Waals surface area (Å²) in [5.74, 6) is 0.244. The van der Waals surface area contributed by atoms with E-state index in [0.717, 1.165) is 30.7 Å². The van der Waals surface area contributed by atoms with Crippen LogP contribution in [-0.4, -0.2) is 98.2 Å². The van der Waals surface area contributed by atoms with Gasteiger partial charge in [-0.3, -0.25) is 19.3 Å². The van der Waals surface area contributed by atoms with Crippen LogP contribution in [0.5, 0.6) is 5.75 Å². The normalized spacial score (nSPS) is 27.4. The Morgan fingerprint density at radius 1 is 1.03 bits per heavy atom. The maximum Gasteiger partial charge on any atom is 0.246 e. The largest absolute Gasteiger partial charge is 0.493 e. The highest BCUT2D eigenvalue weighted by molar-refractivity contribution is 5.93. The van der Waals surface area contributed by atoms with Crippen LogP contribution >= 0.6 is 0 Å². The van der Waals surface area contributed by atoms with Gasteiger partial charge in [0.1, 0.15) is 17.8 Å². The Hall–Kier alpha value is -2.69. The van der Waals surface area contributed by atoms with E-state index in [-0.39, 0.29) is 35.7 Å². The van der Waals surface area contributed by atoms with Crippen molar-refractivity contribution in [3.63, 3.8) is 0 Å². The Bertz CT molecular complexity index is 1020. The average Bonchev–Trinajstić information content (AvgIpc) is 3.42. The van der Waals surface area contributed by atoms with Crippen molar-refractivity contribution in [2.75, 3.05) is 46.5 Å². The van der Waals surface area contributed by atoms with Gasteiger partial charge in [-0.05, 0) is 58.2 Å². The molecule has 5 atom stereocenters. The minimum Gasteiger partial charge on any atom is -0.493 e. The highest BCUT2D eigenvalue weighted by atomic mass is 16.5. The van der Waals surface area contributed by atoms with E-state index in [1.54, 1.807) is 18.9 Å². The van der Waals surface area contributed by atoms with Crippen molar-refractivity contribution < 1.29 is 23.9 Å². The van der Waals surface area contributed by atoms with Crippen LogP contribution in [0.2, 0.25) is 0 Å². The summed E-state index contributed by atoms with van der Waals surface area (Å²) in [6, 6.07) is 6.14. The Kier molecular flexibility index (Phi) is 8.50. The number of benzene rings is 1. The summed E-state index contributed by atoms with van der Waals surface area (Å²) in [5, 5.41) is 9.24. The van der Waals surface area contributed by atoms with Crippen LogP contribution < -0.4 is 20.7 Å². The second-order valence-electron chi connectivity index (χ2n) is 11.0. The summed E-state index contributed by atoms with van der Waals surface area (Å²) >= 11 is 0. The van der Waals surface area contributed by atoms with Gasteiger partial charge >= 0.3 is 0 Å². The molecule has 0 unspecified atom stereocenters. The summed E-state index contributed by atoms with van der Waals surface area (Å²) in [7, 11) is 1.73. The number of carbonyl (C=O) groups excluding carboxylic acids is 3. The first-order chi connectivity index (χ1) is 18.5. The molecule has 3 fully saturated rings. The van der Waals surface area contributed by atoms with Crippen LogP contribution in [0.25, 0.3) is 0 Å². The highest BCUT2D eigenvalue weighted by Gasteiger charge is 2.45. The molecule has 0 aromatic heterocycles. The lowest BCUT2D eigenvalue weighted by atomic mass is 9.89. The van der Waals surface area contributed by atoms with Gasteiger partial charge in [0.25, 0.3) is 0 Å². The lowest BCUT2D eigenvalue weighted by molar-refractivity contribution is -0.150. The van der Waals surface area contributed by atoms with Crippen LogP contribution in [0.15, 0.2) is 24.3 Å². The van der Waals surface area contributed by atoms with Crippen molar-refractivity contribution in [2.45, 2.75) is 69.2 Å². The molecule has 4 aliphatic heterocycles. The maximum atomic E-state index is 14.3. The molecule has 4 aliphatic rings. The number of amides is 3. The second-order valence-corrected chi connectivity index (χ2v) is 11.0. The molecule has 1 aromatic rings. The van der Waals surface area contributed by atoms with E-state index in [0.29, 0.717) is 52.2 Å². The third kappa shape index (κ3) is 5.67. The summed E-state index contributed by atoms with van der Waals surface area (Å²) < 4.78 is 11.3. The fourth-order valence-corrected chi connectivity index (χ4v) is 6.26. The third-order valence-corrected chi connectivity index (χ3v) is 8.68. The van der Waals surface area contributed by atoms with Gasteiger partial charge in [0.05, 0.1) is 18.7 Å². The molecule has 10 nitrogen and oxygen atoms in total. The molecule has 0 saturated carbocycles. The Labute approximate surface area is 224 Å². The lowest BCUT2D eigenvalue weighted by Crippen LogP contribution is -2.66. The van der Waals surface area contributed by atoms with Gasteiger partial charge in [-0.1, -0.05) is 18.2 Å². The molecule has 3 N–H and O–H groups in total. The van der Waals surface area contributed by atoms with Gasteiger partial charge < -0.3 is 30.3 Å². The van der Waals surface area contributed by atoms with Gasteiger partial charge in [0.2, 0.25) is 17.7 Å². The van der Waals surface area contributed by atoms with Gasteiger partial charge in [-0.25, -0.2) is 0 Å². The number of hydrogen-bond donors (Lipinski definition) is 3. The van der Waals surface area contributed by atoms with E-state index in [1.807, 2.05) is 24.3 Å². The van der Waals surface area contributed by atoms with Crippen molar-refractivity contribution in [3.05, 3.63) is 29.8 Å². The van der Waals surface area contributed by atoms with E-state index in [4.69, 9.17) is 9.47 Å². The van der Waals surface area contributed by atoms with Gasteiger partial charge in [-0.2, -0.15) is 0 Å². The summed E-state index contributed by atoms with van der Waals surface area (Å²) in [6.07, 6.45) is 4.15. The number of rotatable bonds is 7. The van der Waals surface area contributed by atoms with Crippen LogP contribution in [-0.2, 0) is 19.1 Å². The minimum atomic E-state index is -0.686. The number of piperazine rings is 1. The minimum absolute atomic E-state index is 0.0306. The monoisotopic (exact) mass is 527 g/mol. The van der Waals surface area contributed by atoms with E-state index in [1.165, 1.54) is 0 Å². The quantitative estimate of drug-likeness (QED) is 0.481. The first-order valence-electron chi connectivity index (χ1n) is 14.1. The molecule has 0 radical (unpaired) electrons. The molecule has 208 valence electrons. The standard InChI is InChI=1S/C28H41N5O5/c1-18(29-2)26(34)31-25(19-9-13-37-14-10-19)28(36)33-16-20-6-5-12-32(20)17-23(33)27(35)30-22-11-15-38-24-8-4-3-7-21(22)24/h3-4,7-8,18-20,22-23,25,29H,5-6,9-17H2,1-2H3,(H,30,35)(H,31,34)/t18-,20+,22+,23-,25-/m0/s1. The third-order valence-electron chi connectivity index (χ3n) is 8.68. The molecular formula is C28H41N5O5. The fourth-order valence-electron chi connectivity index (χ4n) is 6.26. The van der Waals surface area contributed by atoms with Crippen LogP contribution in [0, 0.1) is 5.92 Å². The maximum absolute atomic E-state index is 14.3. The molecule has 38 heavy (non-hydrogen) atoms. The first-order valence-corrected chi connectivity index (χ1v) is 14.1. The average molecular weight is 528 g/mol. The highest BCUT2D eigenvalue weighted by Crippen LogP contribution is 2.33. The molecule has 10 heteroatoms. The van der Waals surface area contributed by atoms with Gasteiger partial charge in [0, 0.05) is 44.3 Å². The van der Waals surface area contributed by atoms with Crippen molar-refractivity contribution in [1.29, 1.82) is 0 Å². The smallest absolute Gasteiger partial charge is 0.246 e. The molecule has 3 amide bonds. The number of hydrogen-bond acceptors (Lipinski definition) is 7. The number of fused-ring (bicyclic) bond motifs is 2. The lowest BCUT2D eigenvalue weighted by Gasteiger charge is -2.45. The SMILES string of the molecule is CN[C@@H](C)C(=O)N[C@H](C(=O)N1C[C@H]2CCCN2C[C@H]1C(=O)N[C@@H]1CCOc2ccccc21)C1CCOCC1. The molecule has 0 aliphatic carbocycles. The van der Waals surface area contributed by atoms with Crippen LogP contribution in [0.1, 0.15) is 50.6 Å². The van der Waals surface area contributed by atoms with Gasteiger partial charge in [0.15, 0.2) is 0 Å². The number of likely N-dealkylation sites (N-methyl/N-ethyl adjacent to an activating group) is 1. The number of nitrogens with one attached hydrogen (secondary N) is 3. The number of para-hydroxylation sites is 1. The molecular weight excluding hydrogens is 486 g/mol. The zero-order valence-electron chi connectivity index (χ0n) is 22.5. The summed E-state index contributed by atoms with van der Waals surface area (Å²) in [4.78, 5) is 45.2. The molecule has 4 heterocycles. The fraction of sp³-hybridized carbons (Fsp3) is 0.679. The number of nitrogens with zero attached hydrogens (tertiary/aromatic N) is 2.